The van der Waals surface area contributed by atoms with Gasteiger partial charge in [0.2, 0.25) is 10.0 Å². The maximum Gasteiger partial charge on any atom is 0.211 e. The summed E-state index contributed by atoms with van der Waals surface area (Å²) in [5, 5.41) is 3.38. The van der Waals surface area contributed by atoms with Crippen LogP contribution < -0.4 is 5.32 Å². The number of rotatable bonds is 5. The Morgan fingerprint density at radius 1 is 1.10 bits per heavy atom. The lowest BCUT2D eigenvalue weighted by Gasteiger charge is -2.40. The fourth-order valence-corrected chi connectivity index (χ4v) is 3.83. The molecule has 1 saturated heterocycles. The second-order valence-corrected chi connectivity index (χ2v) is 7.60. The number of likely N-dealkylation sites (N-methyl/N-ethyl adjacent to an activating group) is 1. The first-order valence-corrected chi connectivity index (χ1v) is 9.19. The third-order valence-corrected chi connectivity index (χ3v) is 5.57. The summed E-state index contributed by atoms with van der Waals surface area (Å²) in [6.45, 7) is 4.91. The van der Waals surface area contributed by atoms with Crippen LogP contribution in [0.3, 0.4) is 0 Å². The Labute approximate surface area is 128 Å². The van der Waals surface area contributed by atoms with Crippen molar-refractivity contribution < 1.29 is 8.42 Å². The van der Waals surface area contributed by atoms with Crippen molar-refractivity contribution in [3.8, 4) is 0 Å². The van der Waals surface area contributed by atoms with Gasteiger partial charge in [-0.15, -0.1) is 0 Å². The zero-order valence-corrected chi connectivity index (χ0v) is 13.8. The average molecular weight is 311 g/mol. The van der Waals surface area contributed by atoms with E-state index in [0.717, 1.165) is 13.1 Å². The smallest absolute Gasteiger partial charge is 0.211 e. The van der Waals surface area contributed by atoms with Gasteiger partial charge in [-0.1, -0.05) is 30.3 Å². The zero-order valence-electron chi connectivity index (χ0n) is 13.0. The minimum absolute atomic E-state index is 0.246. The molecule has 2 atom stereocenters. The molecule has 2 rings (SSSR count). The predicted molar refractivity (Wildman–Crippen MR) is 85.7 cm³/mol. The highest BCUT2D eigenvalue weighted by Crippen LogP contribution is 2.22. The molecule has 0 spiro atoms. The van der Waals surface area contributed by atoms with Crippen LogP contribution in [0, 0.1) is 0 Å². The van der Waals surface area contributed by atoms with Crippen molar-refractivity contribution in [2.24, 2.45) is 0 Å². The minimum Gasteiger partial charge on any atom is -0.312 e. The van der Waals surface area contributed by atoms with E-state index in [-0.39, 0.29) is 6.04 Å². The highest BCUT2D eigenvalue weighted by molar-refractivity contribution is 7.88. The van der Waals surface area contributed by atoms with Crippen LogP contribution in [0.2, 0.25) is 0 Å². The quantitative estimate of drug-likeness (QED) is 0.878. The first-order chi connectivity index (χ1) is 9.93. The van der Waals surface area contributed by atoms with Gasteiger partial charge in [0.1, 0.15) is 0 Å². The third-order valence-electron chi connectivity index (χ3n) is 4.27. The highest BCUT2D eigenvalue weighted by Gasteiger charge is 2.29. The lowest BCUT2D eigenvalue weighted by Crippen LogP contribution is -2.53. The van der Waals surface area contributed by atoms with Crippen LogP contribution in [0.4, 0.5) is 0 Å². The second kappa shape index (κ2) is 6.87. The molecular formula is C15H25N3O2S. The van der Waals surface area contributed by atoms with Crippen LogP contribution in [0.15, 0.2) is 30.3 Å². The number of hydrogen-bond acceptors (Lipinski definition) is 4. The van der Waals surface area contributed by atoms with E-state index in [1.807, 2.05) is 25.2 Å². The molecule has 0 aromatic heterocycles. The van der Waals surface area contributed by atoms with Gasteiger partial charge in [-0.05, 0) is 19.5 Å². The fourth-order valence-electron chi connectivity index (χ4n) is 3.00. The van der Waals surface area contributed by atoms with Gasteiger partial charge >= 0.3 is 0 Å². The Morgan fingerprint density at radius 3 is 2.14 bits per heavy atom. The van der Waals surface area contributed by atoms with Crippen molar-refractivity contribution in [1.82, 2.24) is 14.5 Å². The van der Waals surface area contributed by atoms with E-state index in [0.29, 0.717) is 19.1 Å². The van der Waals surface area contributed by atoms with E-state index < -0.39 is 10.0 Å². The summed E-state index contributed by atoms with van der Waals surface area (Å²) in [6.07, 6.45) is 1.28. The topological polar surface area (TPSA) is 52.6 Å². The van der Waals surface area contributed by atoms with Crippen LogP contribution >= 0.6 is 0 Å². The van der Waals surface area contributed by atoms with Crippen molar-refractivity contribution in [1.29, 1.82) is 0 Å². The van der Waals surface area contributed by atoms with Gasteiger partial charge in [0, 0.05) is 38.3 Å². The van der Waals surface area contributed by atoms with Crippen molar-refractivity contribution in [2.45, 2.75) is 19.0 Å². The number of piperazine rings is 1. The average Bonchev–Trinajstić information content (AvgIpc) is 2.48. The van der Waals surface area contributed by atoms with Crippen molar-refractivity contribution >= 4 is 10.0 Å². The van der Waals surface area contributed by atoms with E-state index in [4.69, 9.17) is 0 Å². The molecule has 0 bridgehead atoms. The number of nitrogens with zero attached hydrogens (tertiary/aromatic N) is 2. The monoisotopic (exact) mass is 311 g/mol. The van der Waals surface area contributed by atoms with Gasteiger partial charge in [0.15, 0.2) is 0 Å². The lowest BCUT2D eigenvalue weighted by atomic mass is 9.99. The number of sulfonamides is 1. The molecule has 21 heavy (non-hydrogen) atoms. The maximum absolute atomic E-state index is 11.6. The van der Waals surface area contributed by atoms with Crippen LogP contribution in [0.5, 0.6) is 0 Å². The molecule has 1 fully saturated rings. The summed E-state index contributed by atoms with van der Waals surface area (Å²) >= 11 is 0. The van der Waals surface area contributed by atoms with Crippen LogP contribution in [-0.4, -0.2) is 63.1 Å². The molecule has 118 valence electrons. The molecule has 2 unspecified atom stereocenters. The number of benzene rings is 1. The van der Waals surface area contributed by atoms with Gasteiger partial charge in [-0.3, -0.25) is 4.90 Å². The zero-order chi connectivity index (χ0) is 15.5. The van der Waals surface area contributed by atoms with Crippen molar-refractivity contribution in [2.75, 3.05) is 39.5 Å². The van der Waals surface area contributed by atoms with Crippen LogP contribution in [0.1, 0.15) is 18.5 Å². The Hall–Kier alpha value is -0.950. The molecule has 5 nitrogen and oxygen atoms in total. The summed E-state index contributed by atoms with van der Waals surface area (Å²) in [5.74, 6) is 0. The van der Waals surface area contributed by atoms with Crippen LogP contribution in [0.25, 0.3) is 0 Å². The Balaban J connectivity index is 2.02. The Morgan fingerprint density at radius 2 is 1.67 bits per heavy atom. The Bertz CT molecular complexity index is 539. The minimum atomic E-state index is -3.06. The normalized spacial score (nSPS) is 21.1. The summed E-state index contributed by atoms with van der Waals surface area (Å²) < 4.78 is 24.7. The summed E-state index contributed by atoms with van der Waals surface area (Å²) in [7, 11) is -1.09. The van der Waals surface area contributed by atoms with Gasteiger partial charge in [-0.2, -0.15) is 4.31 Å². The van der Waals surface area contributed by atoms with E-state index in [1.165, 1.54) is 11.8 Å². The molecule has 1 aliphatic rings. The van der Waals surface area contributed by atoms with E-state index in [2.05, 4.69) is 29.3 Å². The van der Waals surface area contributed by atoms with E-state index in [1.54, 1.807) is 4.31 Å². The summed E-state index contributed by atoms with van der Waals surface area (Å²) in [5.41, 5.74) is 1.26. The number of hydrogen-bond donors (Lipinski definition) is 1. The van der Waals surface area contributed by atoms with Gasteiger partial charge in [-0.25, -0.2) is 8.42 Å². The van der Waals surface area contributed by atoms with Crippen LogP contribution in [-0.2, 0) is 10.0 Å². The van der Waals surface area contributed by atoms with Crippen molar-refractivity contribution in [3.05, 3.63) is 35.9 Å². The lowest BCUT2D eigenvalue weighted by molar-refractivity contribution is 0.122. The molecule has 0 radical (unpaired) electrons. The predicted octanol–water partition coefficient (Wildman–Crippen LogP) is 0.913. The van der Waals surface area contributed by atoms with E-state index >= 15 is 0 Å². The summed E-state index contributed by atoms with van der Waals surface area (Å²) in [4.78, 5) is 2.36. The molecule has 1 aliphatic heterocycles. The second-order valence-electron chi connectivity index (χ2n) is 5.62. The molecule has 0 aliphatic carbocycles. The molecule has 1 aromatic rings. The molecular weight excluding hydrogens is 286 g/mol. The first kappa shape index (κ1) is 16.4. The SMILES string of the molecule is CNC(c1ccccc1)C(C)N1CCN(S(C)(=O)=O)CC1. The van der Waals surface area contributed by atoms with E-state index in [9.17, 15) is 8.42 Å². The fraction of sp³-hybridized carbons (Fsp3) is 0.600. The molecule has 0 amide bonds. The first-order valence-electron chi connectivity index (χ1n) is 7.35. The molecule has 1 heterocycles. The van der Waals surface area contributed by atoms with Crippen molar-refractivity contribution in [3.63, 3.8) is 0 Å². The molecule has 1 N–H and O–H groups in total. The standard InChI is InChI=1S/C15H25N3O2S/c1-13(15(16-2)14-7-5-4-6-8-14)17-9-11-18(12-10-17)21(3,19)20/h4-8,13,15-16H,9-12H2,1-3H3. The highest BCUT2D eigenvalue weighted by atomic mass is 32.2. The third kappa shape index (κ3) is 4.03. The number of nitrogens with one attached hydrogen (secondary N) is 1. The largest absolute Gasteiger partial charge is 0.312 e. The van der Waals surface area contributed by atoms with Gasteiger partial charge in [0.05, 0.1) is 6.26 Å². The summed E-state index contributed by atoms with van der Waals surface area (Å²) in [6, 6.07) is 10.9. The molecule has 0 saturated carbocycles. The van der Waals surface area contributed by atoms with Gasteiger partial charge < -0.3 is 5.32 Å². The van der Waals surface area contributed by atoms with Gasteiger partial charge in [0.25, 0.3) is 0 Å². The maximum atomic E-state index is 11.6. The Kier molecular flexibility index (Phi) is 5.37. The molecule has 1 aromatic carbocycles. The molecule has 6 heteroatoms.